The van der Waals surface area contributed by atoms with Gasteiger partial charge in [0.1, 0.15) is 0 Å². The van der Waals surface area contributed by atoms with Crippen molar-refractivity contribution in [3.05, 3.63) is 22.7 Å². The monoisotopic (exact) mass is 349 g/mol. The van der Waals surface area contributed by atoms with Crippen LogP contribution in [0.5, 0.6) is 0 Å². The molecule has 1 heterocycles. The minimum Gasteiger partial charge on any atom is -0.354 e. The van der Waals surface area contributed by atoms with Crippen LogP contribution in [0.15, 0.2) is 6.20 Å². The average molecular weight is 350 g/mol. The third-order valence-corrected chi connectivity index (χ3v) is 4.21. The van der Waals surface area contributed by atoms with Gasteiger partial charge in [0.15, 0.2) is 0 Å². The van der Waals surface area contributed by atoms with E-state index in [0.717, 1.165) is 6.42 Å². The molecule has 1 saturated carbocycles. The molecule has 8 heteroatoms. The van der Waals surface area contributed by atoms with Crippen molar-refractivity contribution in [1.29, 1.82) is 0 Å². The SMILES string of the molecule is CC(C)NC(=O)[C@H]1CCC[C@H]1Cc1nc(Cl)ncc1C(F)(F)F. The molecular weight excluding hydrogens is 331 g/mol. The zero-order chi connectivity index (χ0) is 17.2. The predicted octanol–water partition coefficient (Wildman–Crippen LogP) is 3.63. The summed E-state index contributed by atoms with van der Waals surface area (Å²) in [5.41, 5.74) is -1.01. The van der Waals surface area contributed by atoms with Crippen LogP contribution in [0.3, 0.4) is 0 Å². The van der Waals surface area contributed by atoms with E-state index in [1.54, 1.807) is 0 Å². The Kier molecular flexibility index (Phi) is 5.49. The summed E-state index contributed by atoms with van der Waals surface area (Å²) in [6, 6.07) is 0.00276. The quantitative estimate of drug-likeness (QED) is 0.844. The summed E-state index contributed by atoms with van der Waals surface area (Å²) in [5, 5.41) is 2.62. The Morgan fingerprint density at radius 2 is 2.13 bits per heavy atom. The first-order chi connectivity index (χ1) is 10.7. The van der Waals surface area contributed by atoms with Crippen LogP contribution in [-0.2, 0) is 17.4 Å². The van der Waals surface area contributed by atoms with Crippen LogP contribution in [0, 0.1) is 11.8 Å². The Morgan fingerprint density at radius 1 is 1.43 bits per heavy atom. The molecule has 4 nitrogen and oxygen atoms in total. The standard InChI is InChI=1S/C15H19ClF3N3O/c1-8(2)21-13(23)10-5-3-4-9(10)6-12-11(15(17,18)19)7-20-14(16)22-12/h7-10H,3-6H2,1-2H3,(H,21,23)/t9-,10-/m0/s1. The number of amides is 1. The van der Waals surface area contributed by atoms with Crippen LogP contribution in [0.25, 0.3) is 0 Å². The van der Waals surface area contributed by atoms with E-state index in [1.165, 1.54) is 0 Å². The fourth-order valence-corrected chi connectivity index (χ4v) is 3.20. The van der Waals surface area contributed by atoms with Crippen LogP contribution in [0.4, 0.5) is 13.2 Å². The third kappa shape index (κ3) is 4.56. The second-order valence-corrected chi connectivity index (χ2v) is 6.50. The van der Waals surface area contributed by atoms with Gasteiger partial charge in [0.05, 0.1) is 11.3 Å². The van der Waals surface area contributed by atoms with Gasteiger partial charge in [-0.2, -0.15) is 13.2 Å². The summed E-state index contributed by atoms with van der Waals surface area (Å²) >= 11 is 5.65. The van der Waals surface area contributed by atoms with Crippen LogP contribution in [-0.4, -0.2) is 21.9 Å². The molecule has 0 aromatic carbocycles. The lowest BCUT2D eigenvalue weighted by Gasteiger charge is -2.21. The highest BCUT2D eigenvalue weighted by Gasteiger charge is 2.38. The van der Waals surface area contributed by atoms with Gasteiger partial charge in [-0.25, -0.2) is 9.97 Å². The molecule has 1 amide bonds. The maximum absolute atomic E-state index is 13.1. The summed E-state index contributed by atoms with van der Waals surface area (Å²) in [6.07, 6.45) is -1.54. The lowest BCUT2D eigenvalue weighted by molar-refractivity contribution is -0.138. The first-order valence-electron chi connectivity index (χ1n) is 7.57. The highest BCUT2D eigenvalue weighted by molar-refractivity contribution is 6.28. The molecule has 0 saturated heterocycles. The number of halogens is 4. The number of hydrogen-bond donors (Lipinski definition) is 1. The summed E-state index contributed by atoms with van der Waals surface area (Å²) in [6.45, 7) is 3.71. The Balaban J connectivity index is 2.21. The van der Waals surface area contributed by atoms with Crippen molar-refractivity contribution in [2.75, 3.05) is 0 Å². The molecule has 0 aliphatic heterocycles. The number of nitrogens with one attached hydrogen (secondary N) is 1. The van der Waals surface area contributed by atoms with Crippen molar-refractivity contribution < 1.29 is 18.0 Å². The molecule has 0 radical (unpaired) electrons. The zero-order valence-corrected chi connectivity index (χ0v) is 13.7. The van der Waals surface area contributed by atoms with Crippen LogP contribution in [0.2, 0.25) is 5.28 Å². The highest BCUT2D eigenvalue weighted by Crippen LogP contribution is 2.38. The van der Waals surface area contributed by atoms with Crippen molar-refractivity contribution in [1.82, 2.24) is 15.3 Å². The Morgan fingerprint density at radius 3 is 2.74 bits per heavy atom. The van der Waals surface area contributed by atoms with E-state index in [1.807, 2.05) is 13.8 Å². The average Bonchev–Trinajstić information content (AvgIpc) is 2.84. The number of rotatable bonds is 4. The van der Waals surface area contributed by atoms with Gasteiger partial charge in [-0.15, -0.1) is 0 Å². The van der Waals surface area contributed by atoms with Crippen LogP contribution < -0.4 is 5.32 Å². The number of nitrogens with zero attached hydrogens (tertiary/aromatic N) is 2. The van der Waals surface area contributed by atoms with Gasteiger partial charge in [0.25, 0.3) is 0 Å². The topological polar surface area (TPSA) is 54.9 Å². The molecule has 1 aliphatic carbocycles. The normalized spacial score (nSPS) is 21.7. The van der Waals surface area contributed by atoms with Gasteiger partial charge in [-0.1, -0.05) is 6.42 Å². The number of alkyl halides is 3. The van der Waals surface area contributed by atoms with E-state index in [4.69, 9.17) is 11.6 Å². The van der Waals surface area contributed by atoms with Crippen LogP contribution in [0.1, 0.15) is 44.4 Å². The molecule has 1 aliphatic rings. The highest BCUT2D eigenvalue weighted by atomic mass is 35.5. The minimum absolute atomic E-state index is 0.00276. The molecule has 2 rings (SSSR count). The summed E-state index contributed by atoms with van der Waals surface area (Å²) < 4.78 is 39.2. The first-order valence-corrected chi connectivity index (χ1v) is 7.95. The summed E-state index contributed by atoms with van der Waals surface area (Å²) in [4.78, 5) is 19.4. The Hall–Kier alpha value is -1.37. The predicted molar refractivity (Wildman–Crippen MR) is 79.9 cm³/mol. The summed E-state index contributed by atoms with van der Waals surface area (Å²) in [5.74, 6) is -0.552. The molecule has 1 N–H and O–H groups in total. The molecular formula is C15H19ClF3N3O. The van der Waals surface area contributed by atoms with Crippen molar-refractivity contribution in [2.45, 2.75) is 51.7 Å². The lowest BCUT2D eigenvalue weighted by atomic mass is 9.89. The zero-order valence-electron chi connectivity index (χ0n) is 13.0. The van der Waals surface area contributed by atoms with Crippen molar-refractivity contribution in [3.8, 4) is 0 Å². The third-order valence-electron chi connectivity index (χ3n) is 4.03. The van der Waals surface area contributed by atoms with E-state index in [9.17, 15) is 18.0 Å². The van der Waals surface area contributed by atoms with Gasteiger partial charge in [-0.3, -0.25) is 4.79 Å². The fraction of sp³-hybridized carbons (Fsp3) is 0.667. The number of aromatic nitrogens is 2. The smallest absolute Gasteiger partial charge is 0.354 e. The number of hydrogen-bond acceptors (Lipinski definition) is 3. The van der Waals surface area contributed by atoms with Crippen LogP contribution >= 0.6 is 11.6 Å². The second kappa shape index (κ2) is 7.03. The molecule has 0 spiro atoms. The maximum atomic E-state index is 13.1. The summed E-state index contributed by atoms with van der Waals surface area (Å²) in [7, 11) is 0. The lowest BCUT2D eigenvalue weighted by Crippen LogP contribution is -2.37. The van der Waals surface area contributed by atoms with Gasteiger partial charge < -0.3 is 5.32 Å². The molecule has 23 heavy (non-hydrogen) atoms. The van der Waals surface area contributed by atoms with E-state index in [-0.39, 0.29) is 41.2 Å². The van der Waals surface area contributed by atoms with Crippen molar-refractivity contribution in [2.24, 2.45) is 11.8 Å². The van der Waals surface area contributed by atoms with Gasteiger partial charge in [0, 0.05) is 18.2 Å². The number of carbonyl (C=O) groups excluding carboxylic acids is 1. The molecule has 0 bridgehead atoms. The fourth-order valence-electron chi connectivity index (χ4n) is 3.05. The van der Waals surface area contributed by atoms with Gasteiger partial charge in [0.2, 0.25) is 11.2 Å². The minimum atomic E-state index is -4.53. The first kappa shape index (κ1) is 18.0. The Labute approximate surface area is 137 Å². The Bertz CT molecular complexity index is 578. The molecule has 0 unspecified atom stereocenters. The van der Waals surface area contributed by atoms with E-state index in [0.29, 0.717) is 19.0 Å². The van der Waals surface area contributed by atoms with Gasteiger partial charge >= 0.3 is 6.18 Å². The molecule has 2 atom stereocenters. The van der Waals surface area contributed by atoms with Crippen molar-refractivity contribution >= 4 is 17.5 Å². The molecule has 1 aromatic heterocycles. The maximum Gasteiger partial charge on any atom is 0.419 e. The largest absolute Gasteiger partial charge is 0.419 e. The van der Waals surface area contributed by atoms with Gasteiger partial charge in [-0.05, 0) is 50.6 Å². The van der Waals surface area contributed by atoms with E-state index in [2.05, 4.69) is 15.3 Å². The molecule has 1 aromatic rings. The van der Waals surface area contributed by atoms with Crippen molar-refractivity contribution in [3.63, 3.8) is 0 Å². The second-order valence-electron chi connectivity index (χ2n) is 6.16. The number of carbonyl (C=O) groups is 1. The van der Waals surface area contributed by atoms with E-state index >= 15 is 0 Å². The van der Waals surface area contributed by atoms with E-state index < -0.39 is 11.7 Å². The molecule has 128 valence electrons. The molecule has 1 fully saturated rings.